The van der Waals surface area contributed by atoms with E-state index in [9.17, 15) is 34.8 Å². The number of ether oxygens (including phenoxy) is 1. The maximum atomic E-state index is 14.2. The summed E-state index contributed by atoms with van der Waals surface area (Å²) in [6.07, 6.45) is 8.91. The Morgan fingerprint density at radius 2 is 1.62 bits per heavy atom. The van der Waals surface area contributed by atoms with Gasteiger partial charge in [-0.15, -0.1) is 11.8 Å². The van der Waals surface area contributed by atoms with E-state index < -0.39 is 47.1 Å². The van der Waals surface area contributed by atoms with Crippen LogP contribution in [0.5, 0.6) is 0 Å². The zero-order valence-electron chi connectivity index (χ0n) is 38.7. The van der Waals surface area contributed by atoms with Crippen LogP contribution in [0.4, 0.5) is 24.5 Å². The minimum absolute atomic E-state index is 0.00980. The molecule has 0 saturated carbocycles. The number of piperidine rings is 1. The number of unbranched alkanes of at least 4 members (excludes halogenated alkanes) is 1. The number of amides is 1. The van der Waals surface area contributed by atoms with Gasteiger partial charge in [0.2, 0.25) is 0 Å². The summed E-state index contributed by atoms with van der Waals surface area (Å²) in [4.78, 5) is 19.2. The lowest BCUT2D eigenvalue weighted by atomic mass is 9.72. The molecule has 3 aromatic rings. The number of allylic oxidation sites excluding steroid dienone is 2. The number of carbonyl (C=O) groups is 1. The van der Waals surface area contributed by atoms with Crippen molar-refractivity contribution in [3.63, 3.8) is 0 Å². The molecule has 1 atom stereocenters. The van der Waals surface area contributed by atoms with Crippen molar-refractivity contribution in [2.24, 2.45) is 5.41 Å². The number of hydrogen-bond donors (Lipinski definition) is 2. The largest absolute Gasteiger partial charge is 0.501 e. The maximum Gasteiger partial charge on any atom is 0.501 e. The van der Waals surface area contributed by atoms with E-state index in [1.54, 1.807) is 19.2 Å². The van der Waals surface area contributed by atoms with E-state index in [0.717, 1.165) is 120 Å². The van der Waals surface area contributed by atoms with Crippen LogP contribution in [0.3, 0.4) is 0 Å². The summed E-state index contributed by atoms with van der Waals surface area (Å²) in [5.41, 5.74) is -0.751. The van der Waals surface area contributed by atoms with Crippen molar-refractivity contribution in [2.45, 2.75) is 111 Å². The number of hydrogen-bond acceptors (Lipinski definition) is 11. The predicted octanol–water partition coefficient (Wildman–Crippen LogP) is 9.55. The summed E-state index contributed by atoms with van der Waals surface area (Å²) in [7, 11) is -9.21. The smallest absolute Gasteiger partial charge is 0.381 e. The monoisotopic (exact) mass is 973 g/mol. The van der Waals surface area contributed by atoms with Gasteiger partial charge >= 0.3 is 5.51 Å². The predicted molar refractivity (Wildman–Crippen MR) is 258 cm³/mol. The first-order valence-electron chi connectivity index (χ1n) is 23.0. The molecule has 2 saturated heterocycles. The van der Waals surface area contributed by atoms with Crippen molar-refractivity contribution in [2.75, 3.05) is 75.4 Å². The summed E-state index contributed by atoms with van der Waals surface area (Å²) in [5.74, 6) is -0.634. The van der Waals surface area contributed by atoms with Gasteiger partial charge in [0.15, 0.2) is 0 Å². The first-order valence-corrected chi connectivity index (χ1v) is 26.9. The maximum absolute atomic E-state index is 14.2. The molecule has 1 aliphatic carbocycles. The minimum Gasteiger partial charge on any atom is -0.381 e. The molecule has 0 spiro atoms. The highest BCUT2D eigenvalue weighted by molar-refractivity contribution is 7.99. The summed E-state index contributed by atoms with van der Waals surface area (Å²) in [6.45, 7) is 17.7. The van der Waals surface area contributed by atoms with E-state index in [4.69, 9.17) is 4.74 Å². The lowest BCUT2D eigenvalue weighted by Gasteiger charge is -2.39. The summed E-state index contributed by atoms with van der Waals surface area (Å²) in [5, 5.41) is 3.02. The highest BCUT2D eigenvalue weighted by Gasteiger charge is 2.48. The van der Waals surface area contributed by atoms with Gasteiger partial charge in [-0.3, -0.25) is 9.69 Å². The molecule has 17 heteroatoms. The molecule has 3 aromatic carbocycles. The Bertz CT molecular complexity index is 2380. The molecule has 2 heterocycles. The van der Waals surface area contributed by atoms with Crippen LogP contribution in [0.1, 0.15) is 88.9 Å². The van der Waals surface area contributed by atoms with Gasteiger partial charge in [-0.25, -0.2) is 21.6 Å². The third-order valence-electron chi connectivity index (χ3n) is 13.0. The molecule has 1 amide bonds. The van der Waals surface area contributed by atoms with Gasteiger partial charge in [-0.05, 0) is 117 Å². The Balaban J connectivity index is 1.12. The Hall–Kier alpha value is -3.87. The SMILES string of the molecule is C=C(CCCC)C1=C(CN2CCN(c3ccc(C(=O)NS(=O)(=O)c4ccc(NC(CCN5CCC(OC)CC5)CSc5ccccc5)c(S(=O)(=O)C(F)(F)F)c4)cc3)CC2)CCC(C)(C)C1. The van der Waals surface area contributed by atoms with Gasteiger partial charge < -0.3 is 19.9 Å². The van der Waals surface area contributed by atoms with Crippen molar-refractivity contribution in [1.82, 2.24) is 14.5 Å². The lowest BCUT2D eigenvalue weighted by molar-refractivity contribution is -0.0435. The van der Waals surface area contributed by atoms with Crippen molar-refractivity contribution in [3.05, 3.63) is 102 Å². The number of rotatable bonds is 20. The molecule has 3 aliphatic rings. The van der Waals surface area contributed by atoms with Gasteiger partial charge in [-0.2, -0.15) is 13.2 Å². The van der Waals surface area contributed by atoms with Gasteiger partial charge in [0.1, 0.15) is 4.90 Å². The number of likely N-dealkylation sites (tertiary alicyclic amines) is 1. The number of halogens is 3. The molecule has 0 radical (unpaired) electrons. The minimum atomic E-state index is -6.05. The molecule has 6 rings (SSSR count). The van der Waals surface area contributed by atoms with Crippen LogP contribution in [0.2, 0.25) is 0 Å². The van der Waals surface area contributed by atoms with Crippen LogP contribution in [-0.4, -0.2) is 115 Å². The van der Waals surface area contributed by atoms with Crippen LogP contribution in [0, 0.1) is 5.41 Å². The average molecular weight is 974 g/mol. The number of methoxy groups -OCH3 is 1. The Morgan fingerprint density at radius 3 is 2.26 bits per heavy atom. The van der Waals surface area contributed by atoms with Gasteiger partial charge in [0.25, 0.3) is 25.8 Å². The molecule has 362 valence electrons. The van der Waals surface area contributed by atoms with E-state index in [1.165, 1.54) is 40.6 Å². The average Bonchev–Trinajstić information content (AvgIpc) is 3.29. The van der Waals surface area contributed by atoms with Crippen molar-refractivity contribution in [1.29, 1.82) is 0 Å². The Labute approximate surface area is 394 Å². The fraction of sp³-hybridized carbons (Fsp3) is 0.531. The summed E-state index contributed by atoms with van der Waals surface area (Å²) >= 11 is 1.46. The molecular weight excluding hydrogens is 908 g/mol. The zero-order valence-corrected chi connectivity index (χ0v) is 41.1. The number of nitrogens with one attached hydrogen (secondary N) is 2. The van der Waals surface area contributed by atoms with Gasteiger partial charge in [0.05, 0.1) is 16.7 Å². The molecule has 66 heavy (non-hydrogen) atoms. The van der Waals surface area contributed by atoms with E-state index >= 15 is 0 Å². The zero-order chi connectivity index (χ0) is 47.7. The number of piperazine rings is 1. The summed E-state index contributed by atoms with van der Waals surface area (Å²) in [6, 6.07) is 17.9. The molecule has 2 N–H and O–H groups in total. The van der Waals surface area contributed by atoms with Crippen molar-refractivity contribution < 1.29 is 39.5 Å². The van der Waals surface area contributed by atoms with Crippen LogP contribution in [0.15, 0.2) is 111 Å². The third kappa shape index (κ3) is 13.6. The van der Waals surface area contributed by atoms with Crippen LogP contribution >= 0.6 is 11.8 Å². The second kappa shape index (κ2) is 22.5. The number of sulfone groups is 1. The van der Waals surface area contributed by atoms with Crippen LogP contribution in [-0.2, 0) is 24.6 Å². The Kier molecular flexibility index (Phi) is 17.6. The highest BCUT2D eigenvalue weighted by Crippen LogP contribution is 2.42. The molecule has 0 aromatic heterocycles. The van der Waals surface area contributed by atoms with E-state index in [-0.39, 0.29) is 22.8 Å². The lowest BCUT2D eigenvalue weighted by Crippen LogP contribution is -2.47. The molecular formula is C49H66F3N5O6S3. The second-order valence-electron chi connectivity index (χ2n) is 18.5. The number of anilines is 2. The topological polar surface area (TPSA) is 128 Å². The summed E-state index contributed by atoms with van der Waals surface area (Å²) < 4.78 is 104. The van der Waals surface area contributed by atoms with E-state index in [0.29, 0.717) is 24.8 Å². The van der Waals surface area contributed by atoms with Gasteiger partial charge in [-0.1, -0.05) is 63.1 Å². The first-order chi connectivity index (χ1) is 31.3. The molecule has 1 unspecified atom stereocenters. The van der Waals surface area contributed by atoms with E-state index in [2.05, 4.69) is 47.4 Å². The van der Waals surface area contributed by atoms with Gasteiger partial charge in [0, 0.05) is 87.4 Å². The number of nitrogens with zero attached hydrogens (tertiary/aromatic N) is 3. The number of carbonyl (C=O) groups excluding carboxylic acids is 1. The standard InChI is InChI=1S/C49H66F3N5O6S3/c1-6-7-11-36(2)44-33-48(3,4)24-20-38(44)34-56-28-30-57(31-29-56)40-16-14-37(15-17-40)47(58)54-66(61,62)43-18-19-45(46(32-43)65(59,60)49(50,51)52)53-39(35-64-42-12-9-8-10-13-42)21-25-55-26-22-41(63-5)23-27-55/h8-10,12-19,32,39,41,53H,2,6-7,11,20-31,33-35H2,1,3-5H3,(H,54,58). The van der Waals surface area contributed by atoms with Crippen molar-refractivity contribution >= 4 is 48.9 Å². The van der Waals surface area contributed by atoms with Crippen molar-refractivity contribution in [3.8, 4) is 0 Å². The van der Waals surface area contributed by atoms with E-state index in [1.807, 2.05) is 35.1 Å². The fourth-order valence-corrected chi connectivity index (χ4v) is 11.9. The quantitative estimate of drug-likeness (QED) is 0.105. The third-order valence-corrected chi connectivity index (χ3v) is 17.1. The number of benzene rings is 3. The van der Waals surface area contributed by atoms with Crippen LogP contribution < -0.4 is 14.9 Å². The highest BCUT2D eigenvalue weighted by atomic mass is 32.2. The molecule has 2 aliphatic heterocycles. The fourth-order valence-electron chi connectivity index (χ4n) is 8.89. The number of thioether (sulfide) groups is 1. The molecule has 2 fully saturated rings. The van der Waals surface area contributed by atoms with Crippen LogP contribution in [0.25, 0.3) is 0 Å². The Morgan fingerprint density at radius 1 is 0.939 bits per heavy atom. The second-order valence-corrected chi connectivity index (χ2v) is 23.2. The number of sulfonamides is 1. The first kappa shape index (κ1) is 51.5. The number of alkyl halides is 3. The molecule has 0 bridgehead atoms. The molecule has 11 nitrogen and oxygen atoms in total. The normalized spacial score (nSPS) is 18.6.